The van der Waals surface area contributed by atoms with Crippen molar-refractivity contribution in [2.24, 2.45) is 0 Å². The average molecular weight is 255 g/mol. The molecule has 0 aliphatic rings. The highest BCUT2D eigenvalue weighted by Crippen LogP contribution is 2.28. The lowest BCUT2D eigenvalue weighted by Gasteiger charge is -1.97. The second-order valence-corrected chi connectivity index (χ2v) is 5.38. The van der Waals surface area contributed by atoms with Gasteiger partial charge >= 0.3 is 0 Å². The first kappa shape index (κ1) is 12.9. The molecule has 1 nitrogen and oxygen atoms in total. The molecule has 0 unspecified atom stereocenters. The van der Waals surface area contributed by atoms with Gasteiger partial charge in [-0.3, -0.25) is 0 Å². The summed E-state index contributed by atoms with van der Waals surface area (Å²) in [7, 11) is 0. The number of nitrogens with zero attached hydrogens (tertiary/aromatic N) is 1. The number of hydrogen-bond acceptors (Lipinski definition) is 2. The minimum absolute atomic E-state index is 0.721. The molecule has 2 heteroatoms. The zero-order chi connectivity index (χ0) is 12.8. The summed E-state index contributed by atoms with van der Waals surface area (Å²) >= 11 is 1.79. The summed E-state index contributed by atoms with van der Waals surface area (Å²) in [6.07, 6.45) is 5.04. The van der Waals surface area contributed by atoms with Crippen LogP contribution in [0.15, 0.2) is 35.7 Å². The number of aryl methyl sites for hydroxylation is 1. The van der Waals surface area contributed by atoms with Gasteiger partial charge in [-0.15, -0.1) is 11.3 Å². The van der Waals surface area contributed by atoms with Crippen LogP contribution >= 0.6 is 11.3 Å². The van der Waals surface area contributed by atoms with Crippen molar-refractivity contribution in [1.29, 1.82) is 5.26 Å². The summed E-state index contributed by atoms with van der Waals surface area (Å²) in [5, 5.41) is 11.0. The van der Waals surface area contributed by atoms with Gasteiger partial charge in [0.2, 0.25) is 0 Å². The third kappa shape index (κ3) is 3.21. The maximum Gasteiger partial charge on any atom is 0.0991 e. The minimum Gasteiger partial charge on any atom is -0.192 e. The molecular weight excluding hydrogens is 238 g/mol. The van der Waals surface area contributed by atoms with Crippen molar-refractivity contribution < 1.29 is 0 Å². The molecule has 0 atom stereocenters. The molecule has 2 aromatic rings. The third-order valence-corrected chi connectivity index (χ3v) is 4.05. The summed E-state index contributed by atoms with van der Waals surface area (Å²) in [5.41, 5.74) is 3.37. The van der Waals surface area contributed by atoms with Crippen molar-refractivity contribution in [1.82, 2.24) is 0 Å². The molecule has 1 aromatic carbocycles. The SMILES string of the molecule is CCCCCc1csc(-c2ccc(C#N)cc2)c1. The maximum atomic E-state index is 8.78. The van der Waals surface area contributed by atoms with Gasteiger partial charge < -0.3 is 0 Å². The van der Waals surface area contributed by atoms with E-state index in [2.05, 4.69) is 24.4 Å². The molecule has 0 N–H and O–H groups in total. The van der Waals surface area contributed by atoms with Crippen LogP contribution in [0, 0.1) is 11.3 Å². The first-order chi connectivity index (χ1) is 8.83. The van der Waals surface area contributed by atoms with Gasteiger partial charge in [-0.2, -0.15) is 5.26 Å². The maximum absolute atomic E-state index is 8.78. The summed E-state index contributed by atoms with van der Waals surface area (Å²) in [6.45, 7) is 2.23. The molecule has 0 aliphatic carbocycles. The number of thiophene rings is 1. The van der Waals surface area contributed by atoms with Crippen LogP contribution in [0.5, 0.6) is 0 Å². The van der Waals surface area contributed by atoms with Gasteiger partial charge in [0.15, 0.2) is 0 Å². The molecule has 0 amide bonds. The van der Waals surface area contributed by atoms with E-state index in [0.29, 0.717) is 0 Å². The fraction of sp³-hybridized carbons (Fsp3) is 0.312. The first-order valence-electron chi connectivity index (χ1n) is 6.41. The van der Waals surface area contributed by atoms with E-state index in [1.165, 1.54) is 41.7 Å². The van der Waals surface area contributed by atoms with E-state index in [1.54, 1.807) is 11.3 Å². The number of unbranched alkanes of at least 4 members (excludes halogenated alkanes) is 2. The standard InChI is InChI=1S/C16H17NS/c1-2-3-4-5-14-10-16(18-12-14)15-8-6-13(11-17)7-9-15/h6-10,12H,2-5H2,1H3. The lowest BCUT2D eigenvalue weighted by molar-refractivity contribution is 0.718. The third-order valence-electron chi connectivity index (χ3n) is 3.02. The Morgan fingerprint density at radius 3 is 2.61 bits per heavy atom. The monoisotopic (exact) mass is 255 g/mol. The molecule has 0 saturated heterocycles. The van der Waals surface area contributed by atoms with E-state index in [1.807, 2.05) is 24.3 Å². The van der Waals surface area contributed by atoms with Gasteiger partial charge in [0, 0.05) is 4.88 Å². The molecule has 0 saturated carbocycles. The molecule has 92 valence electrons. The Balaban J connectivity index is 2.06. The Labute approximate surface area is 113 Å². The largest absolute Gasteiger partial charge is 0.192 e. The molecule has 1 aromatic heterocycles. The van der Waals surface area contributed by atoms with Crippen LogP contribution in [-0.4, -0.2) is 0 Å². The Morgan fingerprint density at radius 2 is 1.94 bits per heavy atom. The molecule has 1 heterocycles. The van der Waals surface area contributed by atoms with Crippen molar-refractivity contribution >= 4 is 11.3 Å². The van der Waals surface area contributed by atoms with Crippen molar-refractivity contribution in [2.75, 3.05) is 0 Å². The molecule has 0 radical (unpaired) electrons. The van der Waals surface area contributed by atoms with Gasteiger partial charge in [-0.25, -0.2) is 0 Å². The van der Waals surface area contributed by atoms with E-state index in [-0.39, 0.29) is 0 Å². The molecular formula is C16H17NS. The zero-order valence-corrected chi connectivity index (χ0v) is 11.5. The lowest BCUT2D eigenvalue weighted by Crippen LogP contribution is -1.81. The molecule has 0 bridgehead atoms. The highest BCUT2D eigenvalue weighted by Gasteiger charge is 2.02. The lowest BCUT2D eigenvalue weighted by atomic mass is 10.1. The van der Waals surface area contributed by atoms with Gasteiger partial charge in [0.1, 0.15) is 0 Å². The van der Waals surface area contributed by atoms with Crippen LogP contribution in [-0.2, 0) is 6.42 Å². The summed E-state index contributed by atoms with van der Waals surface area (Å²) in [6, 6.07) is 12.2. The van der Waals surface area contributed by atoms with Gasteiger partial charge in [-0.05, 0) is 47.5 Å². The molecule has 0 spiro atoms. The van der Waals surface area contributed by atoms with E-state index >= 15 is 0 Å². The van der Waals surface area contributed by atoms with E-state index < -0.39 is 0 Å². The summed E-state index contributed by atoms with van der Waals surface area (Å²) in [5.74, 6) is 0. The van der Waals surface area contributed by atoms with Gasteiger partial charge in [0.05, 0.1) is 11.6 Å². The van der Waals surface area contributed by atoms with Crippen molar-refractivity contribution in [3.63, 3.8) is 0 Å². The normalized spacial score (nSPS) is 10.2. The number of benzene rings is 1. The predicted molar refractivity (Wildman–Crippen MR) is 77.7 cm³/mol. The van der Waals surface area contributed by atoms with Crippen LogP contribution in [0.2, 0.25) is 0 Å². The van der Waals surface area contributed by atoms with Crippen molar-refractivity contribution in [3.05, 3.63) is 46.8 Å². The van der Waals surface area contributed by atoms with Crippen LogP contribution in [0.4, 0.5) is 0 Å². The summed E-state index contributed by atoms with van der Waals surface area (Å²) in [4.78, 5) is 1.30. The number of hydrogen-bond donors (Lipinski definition) is 0. The smallest absolute Gasteiger partial charge is 0.0991 e. The Kier molecular flexibility index (Phi) is 4.55. The Morgan fingerprint density at radius 1 is 1.17 bits per heavy atom. The fourth-order valence-corrected chi connectivity index (χ4v) is 2.90. The van der Waals surface area contributed by atoms with Crippen LogP contribution < -0.4 is 0 Å². The van der Waals surface area contributed by atoms with Gasteiger partial charge in [-0.1, -0.05) is 31.9 Å². The van der Waals surface area contributed by atoms with E-state index in [9.17, 15) is 0 Å². The first-order valence-corrected chi connectivity index (χ1v) is 7.29. The minimum atomic E-state index is 0.721. The van der Waals surface area contributed by atoms with E-state index in [4.69, 9.17) is 5.26 Å². The van der Waals surface area contributed by atoms with Crippen LogP contribution in [0.25, 0.3) is 10.4 Å². The van der Waals surface area contributed by atoms with Gasteiger partial charge in [0.25, 0.3) is 0 Å². The molecule has 0 aliphatic heterocycles. The van der Waals surface area contributed by atoms with Crippen molar-refractivity contribution in [3.8, 4) is 16.5 Å². The van der Waals surface area contributed by atoms with Crippen LogP contribution in [0.3, 0.4) is 0 Å². The molecule has 0 fully saturated rings. The van der Waals surface area contributed by atoms with Crippen molar-refractivity contribution in [2.45, 2.75) is 32.6 Å². The average Bonchev–Trinajstić information content (AvgIpc) is 2.88. The quantitative estimate of drug-likeness (QED) is 0.688. The van der Waals surface area contributed by atoms with Crippen LogP contribution in [0.1, 0.15) is 37.3 Å². The summed E-state index contributed by atoms with van der Waals surface area (Å²) < 4.78 is 0. The molecule has 2 rings (SSSR count). The highest BCUT2D eigenvalue weighted by molar-refractivity contribution is 7.13. The Hall–Kier alpha value is -1.59. The predicted octanol–water partition coefficient (Wildman–Crippen LogP) is 5.02. The number of nitriles is 1. The fourth-order valence-electron chi connectivity index (χ4n) is 1.95. The zero-order valence-electron chi connectivity index (χ0n) is 10.6. The molecule has 18 heavy (non-hydrogen) atoms. The van der Waals surface area contributed by atoms with E-state index in [0.717, 1.165) is 5.56 Å². The highest BCUT2D eigenvalue weighted by atomic mass is 32.1. The number of rotatable bonds is 5. The second-order valence-electron chi connectivity index (χ2n) is 4.47. The Bertz CT molecular complexity index is 531. The topological polar surface area (TPSA) is 23.8 Å². The second kappa shape index (κ2) is 6.37.